The lowest BCUT2D eigenvalue weighted by atomic mass is 10.0. The van der Waals surface area contributed by atoms with Crippen LogP contribution >= 0.6 is 0 Å². The molecule has 0 fully saturated rings. The van der Waals surface area contributed by atoms with Crippen LogP contribution in [0.2, 0.25) is 0 Å². The van der Waals surface area contributed by atoms with E-state index in [9.17, 15) is 9.18 Å². The van der Waals surface area contributed by atoms with Gasteiger partial charge in [-0.2, -0.15) is 10.1 Å². The van der Waals surface area contributed by atoms with Crippen LogP contribution < -0.4 is 5.32 Å². The van der Waals surface area contributed by atoms with Crippen LogP contribution in [0.1, 0.15) is 17.4 Å². The third kappa shape index (κ3) is 2.03. The van der Waals surface area contributed by atoms with E-state index in [-0.39, 0.29) is 11.5 Å². The summed E-state index contributed by atoms with van der Waals surface area (Å²) in [6, 6.07) is 5.42. The molecule has 2 heterocycles. The molecule has 2 aromatic rings. The number of carboxylic acid groups (broad SMARTS) is 1. The molecular weight excluding hydrogens is 263 g/mol. The van der Waals surface area contributed by atoms with Gasteiger partial charge < -0.3 is 10.4 Å². The van der Waals surface area contributed by atoms with Crippen molar-refractivity contribution in [1.29, 1.82) is 0 Å². The summed E-state index contributed by atoms with van der Waals surface area (Å²) < 4.78 is 14.6. The first kappa shape index (κ1) is 12.3. The molecule has 1 aliphatic heterocycles. The van der Waals surface area contributed by atoms with Gasteiger partial charge in [-0.3, -0.25) is 0 Å². The Bertz CT molecular complexity index is 706. The van der Waals surface area contributed by atoms with Gasteiger partial charge in [0.2, 0.25) is 5.95 Å². The van der Waals surface area contributed by atoms with E-state index in [1.165, 1.54) is 18.2 Å². The fraction of sp³-hybridized carbons (Fsp3) is 0.154. The molecular formula is C13H11FN4O2. The lowest BCUT2D eigenvalue weighted by Crippen LogP contribution is -2.24. The van der Waals surface area contributed by atoms with Crippen LogP contribution in [-0.4, -0.2) is 25.8 Å². The van der Waals surface area contributed by atoms with Crippen molar-refractivity contribution in [2.45, 2.75) is 13.0 Å². The summed E-state index contributed by atoms with van der Waals surface area (Å²) in [5.74, 6) is -0.541. The molecule has 3 rings (SSSR count). The second kappa shape index (κ2) is 4.44. The van der Waals surface area contributed by atoms with E-state index in [0.29, 0.717) is 11.8 Å². The van der Waals surface area contributed by atoms with E-state index in [2.05, 4.69) is 15.4 Å². The number of allylic oxidation sites excluding steroid dienone is 1. The number of benzene rings is 1. The summed E-state index contributed by atoms with van der Waals surface area (Å²) in [4.78, 5) is 15.3. The van der Waals surface area contributed by atoms with Crippen molar-refractivity contribution in [3.05, 3.63) is 53.2 Å². The molecule has 1 atom stereocenters. The highest BCUT2D eigenvalue weighted by Gasteiger charge is 2.26. The van der Waals surface area contributed by atoms with E-state index in [4.69, 9.17) is 5.11 Å². The first-order valence-electron chi connectivity index (χ1n) is 5.95. The summed E-state index contributed by atoms with van der Waals surface area (Å²) in [7, 11) is 0. The van der Waals surface area contributed by atoms with Gasteiger partial charge in [-0.25, -0.2) is 13.9 Å². The van der Waals surface area contributed by atoms with Crippen LogP contribution in [-0.2, 0) is 4.79 Å². The molecule has 2 N–H and O–H groups in total. The van der Waals surface area contributed by atoms with Crippen LogP contribution in [0.15, 0.2) is 36.0 Å². The van der Waals surface area contributed by atoms with E-state index in [1.807, 2.05) is 0 Å². The summed E-state index contributed by atoms with van der Waals surface area (Å²) >= 11 is 0. The highest BCUT2D eigenvalue weighted by molar-refractivity contribution is 5.90. The number of fused-ring (bicyclic) bond motifs is 1. The topological polar surface area (TPSA) is 80.0 Å². The highest BCUT2D eigenvalue weighted by Crippen LogP contribution is 2.28. The van der Waals surface area contributed by atoms with Gasteiger partial charge in [0.05, 0.1) is 0 Å². The van der Waals surface area contributed by atoms with Gasteiger partial charge in [0.25, 0.3) is 0 Å². The van der Waals surface area contributed by atoms with Gasteiger partial charge in [0.15, 0.2) is 0 Å². The average molecular weight is 274 g/mol. The van der Waals surface area contributed by atoms with Crippen LogP contribution in [0, 0.1) is 12.7 Å². The maximum absolute atomic E-state index is 13.0. The molecule has 1 unspecified atom stereocenters. The lowest BCUT2D eigenvalue weighted by Gasteiger charge is -2.22. The SMILES string of the molecule is Cc1nc2n(n1)C(c1ccc(F)cc1)C=C(C(=O)O)N2. The van der Waals surface area contributed by atoms with E-state index >= 15 is 0 Å². The maximum atomic E-state index is 13.0. The van der Waals surface area contributed by atoms with Gasteiger partial charge in [-0.1, -0.05) is 12.1 Å². The average Bonchev–Trinajstić information content (AvgIpc) is 2.78. The number of rotatable bonds is 2. The molecule has 0 spiro atoms. The zero-order valence-electron chi connectivity index (χ0n) is 10.5. The number of nitrogens with one attached hydrogen (secondary N) is 1. The van der Waals surface area contributed by atoms with Crippen LogP contribution in [0.3, 0.4) is 0 Å². The molecule has 0 amide bonds. The number of halogens is 1. The first-order chi connectivity index (χ1) is 9.54. The van der Waals surface area contributed by atoms with E-state index in [1.54, 1.807) is 23.7 Å². The largest absolute Gasteiger partial charge is 0.477 e. The standard InChI is InChI=1S/C13H11FN4O2/c1-7-15-13-16-10(12(19)20)6-11(18(13)17-7)8-2-4-9(14)5-3-8/h2-6,11H,1H3,(H,19,20)(H,15,16,17). The summed E-state index contributed by atoms with van der Waals surface area (Å²) in [6.45, 7) is 1.72. The molecule has 0 radical (unpaired) electrons. The summed E-state index contributed by atoms with van der Waals surface area (Å²) in [6.07, 6.45) is 1.52. The van der Waals surface area contributed by atoms with Gasteiger partial charge in [0, 0.05) is 0 Å². The number of carbonyl (C=O) groups is 1. The normalized spacial score (nSPS) is 17.1. The smallest absolute Gasteiger partial charge is 0.352 e. The van der Waals surface area contributed by atoms with Crippen molar-refractivity contribution >= 4 is 11.9 Å². The monoisotopic (exact) mass is 274 g/mol. The Morgan fingerprint density at radius 3 is 2.75 bits per heavy atom. The summed E-state index contributed by atoms with van der Waals surface area (Å²) in [5.41, 5.74) is 0.761. The molecule has 102 valence electrons. The number of aromatic nitrogens is 3. The molecule has 0 saturated carbocycles. The molecule has 0 saturated heterocycles. The Balaban J connectivity index is 2.11. The summed E-state index contributed by atoms with van der Waals surface area (Å²) in [5, 5.41) is 16.1. The van der Waals surface area contributed by atoms with Crippen LogP contribution in [0.25, 0.3) is 0 Å². The molecule has 0 aliphatic carbocycles. The van der Waals surface area contributed by atoms with E-state index in [0.717, 1.165) is 5.56 Å². The van der Waals surface area contributed by atoms with Crippen LogP contribution in [0.5, 0.6) is 0 Å². The number of aryl methyl sites for hydroxylation is 1. The van der Waals surface area contributed by atoms with Crippen molar-refractivity contribution < 1.29 is 14.3 Å². The van der Waals surface area contributed by atoms with Crippen molar-refractivity contribution in [2.24, 2.45) is 0 Å². The fourth-order valence-corrected chi connectivity index (χ4v) is 2.12. The van der Waals surface area contributed by atoms with Gasteiger partial charge in [-0.15, -0.1) is 0 Å². The molecule has 1 aromatic carbocycles. The minimum atomic E-state index is -1.08. The van der Waals surface area contributed by atoms with Gasteiger partial charge >= 0.3 is 5.97 Å². The quantitative estimate of drug-likeness (QED) is 0.871. The van der Waals surface area contributed by atoms with Gasteiger partial charge in [0.1, 0.15) is 23.4 Å². The Labute approximate surface area is 113 Å². The third-order valence-corrected chi connectivity index (χ3v) is 3.01. The van der Waals surface area contributed by atoms with Gasteiger partial charge in [-0.05, 0) is 30.7 Å². The second-order valence-corrected chi connectivity index (χ2v) is 4.43. The number of hydrogen-bond donors (Lipinski definition) is 2. The zero-order chi connectivity index (χ0) is 14.3. The number of nitrogens with zero attached hydrogens (tertiary/aromatic N) is 3. The third-order valence-electron chi connectivity index (χ3n) is 3.01. The Kier molecular flexibility index (Phi) is 2.74. The lowest BCUT2D eigenvalue weighted by molar-refractivity contribution is -0.132. The maximum Gasteiger partial charge on any atom is 0.352 e. The van der Waals surface area contributed by atoms with Crippen molar-refractivity contribution in [2.75, 3.05) is 5.32 Å². The van der Waals surface area contributed by atoms with Crippen molar-refractivity contribution in [3.8, 4) is 0 Å². The molecule has 1 aliphatic rings. The first-order valence-corrected chi connectivity index (χ1v) is 5.95. The van der Waals surface area contributed by atoms with Crippen molar-refractivity contribution in [1.82, 2.24) is 14.8 Å². The highest BCUT2D eigenvalue weighted by atomic mass is 19.1. The second-order valence-electron chi connectivity index (χ2n) is 4.43. The van der Waals surface area contributed by atoms with E-state index < -0.39 is 12.0 Å². The Morgan fingerprint density at radius 1 is 1.40 bits per heavy atom. The number of anilines is 1. The minimum Gasteiger partial charge on any atom is -0.477 e. The number of aliphatic carboxylic acids is 1. The molecule has 6 nitrogen and oxygen atoms in total. The fourth-order valence-electron chi connectivity index (χ4n) is 2.12. The molecule has 0 bridgehead atoms. The van der Waals surface area contributed by atoms with Crippen molar-refractivity contribution in [3.63, 3.8) is 0 Å². The number of hydrogen-bond acceptors (Lipinski definition) is 4. The minimum absolute atomic E-state index is 0.0271. The number of carboxylic acids is 1. The molecule has 20 heavy (non-hydrogen) atoms. The Morgan fingerprint density at radius 2 is 2.10 bits per heavy atom. The molecule has 7 heteroatoms. The zero-order valence-corrected chi connectivity index (χ0v) is 10.5. The predicted octanol–water partition coefficient (Wildman–Crippen LogP) is 1.71. The Hall–Kier alpha value is -2.70. The predicted molar refractivity (Wildman–Crippen MR) is 68.6 cm³/mol. The molecule has 1 aromatic heterocycles. The van der Waals surface area contributed by atoms with Crippen LogP contribution in [0.4, 0.5) is 10.3 Å².